The van der Waals surface area contributed by atoms with E-state index in [4.69, 9.17) is 4.98 Å². The summed E-state index contributed by atoms with van der Waals surface area (Å²) in [6.07, 6.45) is 6.25. The Balaban J connectivity index is 1.92. The molecule has 17 heavy (non-hydrogen) atoms. The van der Waals surface area contributed by atoms with Crippen LogP contribution in [0, 0.1) is 0 Å². The van der Waals surface area contributed by atoms with Gasteiger partial charge >= 0.3 is 0 Å². The summed E-state index contributed by atoms with van der Waals surface area (Å²) < 4.78 is 0. The van der Waals surface area contributed by atoms with E-state index < -0.39 is 0 Å². The van der Waals surface area contributed by atoms with Crippen molar-refractivity contribution < 1.29 is 0 Å². The Kier molecular flexibility index (Phi) is 4.95. The lowest BCUT2D eigenvalue weighted by molar-refractivity contribution is 0.187. The number of nitrogens with zero attached hydrogens (tertiary/aromatic N) is 2. The van der Waals surface area contributed by atoms with Crippen LogP contribution in [0.4, 0.5) is 0 Å². The molecule has 1 aliphatic heterocycles. The molecule has 1 aliphatic rings. The van der Waals surface area contributed by atoms with Crippen LogP contribution in [0.1, 0.15) is 42.4 Å². The normalized spacial score (nSPS) is 21.9. The highest BCUT2D eigenvalue weighted by Crippen LogP contribution is 2.31. The molecule has 96 valence electrons. The van der Waals surface area contributed by atoms with Crippen molar-refractivity contribution in [1.82, 2.24) is 15.2 Å². The average molecular weight is 253 g/mol. The Morgan fingerprint density at radius 3 is 3.18 bits per heavy atom. The molecule has 1 N–H and O–H groups in total. The fraction of sp³-hybridized carbons (Fsp3) is 0.769. The second kappa shape index (κ2) is 6.47. The summed E-state index contributed by atoms with van der Waals surface area (Å²) in [5.41, 5.74) is 1.28. The molecule has 1 saturated heterocycles. The molecule has 1 aromatic rings. The predicted molar refractivity (Wildman–Crippen MR) is 73.6 cm³/mol. The van der Waals surface area contributed by atoms with E-state index in [1.54, 1.807) is 0 Å². The van der Waals surface area contributed by atoms with Crippen molar-refractivity contribution in [2.75, 3.05) is 27.2 Å². The third-order valence-corrected chi connectivity index (χ3v) is 4.48. The molecule has 1 fully saturated rings. The Morgan fingerprint density at radius 1 is 1.53 bits per heavy atom. The van der Waals surface area contributed by atoms with E-state index in [2.05, 4.69) is 22.6 Å². The van der Waals surface area contributed by atoms with Crippen LogP contribution < -0.4 is 5.32 Å². The van der Waals surface area contributed by atoms with Crippen LogP contribution >= 0.6 is 11.3 Å². The molecule has 0 aliphatic carbocycles. The second-order valence-electron chi connectivity index (χ2n) is 4.88. The molecule has 3 nitrogen and oxygen atoms in total. The lowest BCUT2D eigenvalue weighted by atomic mass is 10.0. The molecule has 1 aromatic heterocycles. The maximum absolute atomic E-state index is 4.81. The van der Waals surface area contributed by atoms with E-state index in [0.717, 1.165) is 13.0 Å². The van der Waals surface area contributed by atoms with Gasteiger partial charge in [-0.25, -0.2) is 4.98 Å². The molecular formula is C13H23N3S. The zero-order valence-corrected chi connectivity index (χ0v) is 11.7. The lowest BCUT2D eigenvalue weighted by Gasteiger charge is -2.30. The van der Waals surface area contributed by atoms with Gasteiger partial charge in [0.2, 0.25) is 0 Å². The average Bonchev–Trinajstić information content (AvgIpc) is 2.79. The molecule has 2 heterocycles. The molecule has 4 heteroatoms. The van der Waals surface area contributed by atoms with Gasteiger partial charge in [-0.15, -0.1) is 11.3 Å². The van der Waals surface area contributed by atoms with Crippen LogP contribution in [0.3, 0.4) is 0 Å². The Morgan fingerprint density at radius 2 is 2.41 bits per heavy atom. The van der Waals surface area contributed by atoms with Gasteiger partial charge in [0.15, 0.2) is 0 Å². The zero-order chi connectivity index (χ0) is 12.1. The van der Waals surface area contributed by atoms with Crippen molar-refractivity contribution in [2.24, 2.45) is 0 Å². The van der Waals surface area contributed by atoms with Crippen LogP contribution in [0.25, 0.3) is 0 Å². The Labute approximate surface area is 108 Å². The van der Waals surface area contributed by atoms with Crippen molar-refractivity contribution in [2.45, 2.75) is 38.1 Å². The zero-order valence-electron chi connectivity index (χ0n) is 10.9. The smallest absolute Gasteiger partial charge is 0.110 e. The van der Waals surface area contributed by atoms with E-state index in [0.29, 0.717) is 6.04 Å². The van der Waals surface area contributed by atoms with Gasteiger partial charge in [-0.1, -0.05) is 6.42 Å². The highest BCUT2D eigenvalue weighted by atomic mass is 32.1. The van der Waals surface area contributed by atoms with E-state index in [1.807, 2.05) is 18.4 Å². The van der Waals surface area contributed by atoms with Crippen LogP contribution in [-0.4, -0.2) is 37.1 Å². The topological polar surface area (TPSA) is 28.2 Å². The summed E-state index contributed by atoms with van der Waals surface area (Å²) in [7, 11) is 4.23. The first-order chi connectivity index (χ1) is 8.31. The van der Waals surface area contributed by atoms with E-state index in [9.17, 15) is 0 Å². The van der Waals surface area contributed by atoms with E-state index in [1.165, 1.54) is 42.9 Å². The first-order valence-corrected chi connectivity index (χ1v) is 7.48. The highest BCUT2D eigenvalue weighted by molar-refractivity contribution is 7.09. The van der Waals surface area contributed by atoms with Gasteiger partial charge in [0.1, 0.15) is 5.01 Å². The number of thiazole rings is 1. The number of piperidine rings is 1. The molecule has 0 amide bonds. The highest BCUT2D eigenvalue weighted by Gasteiger charge is 2.23. The fourth-order valence-corrected chi connectivity index (χ4v) is 3.48. The largest absolute Gasteiger partial charge is 0.320 e. The van der Waals surface area contributed by atoms with E-state index >= 15 is 0 Å². The van der Waals surface area contributed by atoms with Gasteiger partial charge in [0.25, 0.3) is 0 Å². The summed E-state index contributed by atoms with van der Waals surface area (Å²) in [6.45, 7) is 2.30. The second-order valence-corrected chi connectivity index (χ2v) is 5.77. The van der Waals surface area contributed by atoms with Gasteiger partial charge in [0.05, 0.1) is 11.7 Å². The molecule has 0 aromatic carbocycles. The van der Waals surface area contributed by atoms with Crippen molar-refractivity contribution >= 4 is 11.3 Å². The van der Waals surface area contributed by atoms with Crippen LogP contribution in [-0.2, 0) is 6.42 Å². The fourth-order valence-electron chi connectivity index (χ4n) is 2.42. The number of hydrogen-bond donors (Lipinski definition) is 1. The molecule has 0 bridgehead atoms. The number of aryl methyl sites for hydroxylation is 1. The molecular weight excluding hydrogens is 230 g/mol. The monoisotopic (exact) mass is 253 g/mol. The van der Waals surface area contributed by atoms with Crippen LogP contribution in [0.2, 0.25) is 0 Å². The number of rotatable bonds is 5. The van der Waals surface area contributed by atoms with Gasteiger partial charge < -0.3 is 5.32 Å². The third-order valence-electron chi connectivity index (χ3n) is 3.48. The lowest BCUT2D eigenvalue weighted by Crippen LogP contribution is -2.29. The standard InChI is InChI=1S/C13H23N3S/c1-14-8-5-6-11-10-17-13(15-11)12-7-3-4-9-16(12)2/h10,12,14H,3-9H2,1-2H3. The molecule has 1 unspecified atom stereocenters. The Bertz CT molecular complexity index is 337. The van der Waals surface area contributed by atoms with Crippen molar-refractivity contribution in [3.63, 3.8) is 0 Å². The minimum absolute atomic E-state index is 0.576. The summed E-state index contributed by atoms with van der Waals surface area (Å²) in [5.74, 6) is 0. The molecule has 2 rings (SSSR count). The summed E-state index contributed by atoms with van der Waals surface area (Å²) >= 11 is 1.84. The number of likely N-dealkylation sites (tertiary alicyclic amines) is 1. The minimum atomic E-state index is 0.576. The number of aromatic nitrogens is 1. The third kappa shape index (κ3) is 3.50. The summed E-state index contributed by atoms with van der Waals surface area (Å²) in [4.78, 5) is 7.26. The van der Waals surface area contributed by atoms with Gasteiger partial charge in [-0.2, -0.15) is 0 Å². The predicted octanol–water partition coefficient (Wildman–Crippen LogP) is 2.45. The van der Waals surface area contributed by atoms with Gasteiger partial charge in [0, 0.05) is 5.38 Å². The number of nitrogens with one attached hydrogen (secondary N) is 1. The first kappa shape index (κ1) is 13.0. The quantitative estimate of drug-likeness (QED) is 0.817. The SMILES string of the molecule is CNCCCc1csc(C2CCCCN2C)n1. The summed E-state index contributed by atoms with van der Waals surface area (Å²) in [5, 5.41) is 6.75. The summed E-state index contributed by atoms with van der Waals surface area (Å²) in [6, 6.07) is 0.576. The molecule has 0 radical (unpaired) electrons. The number of hydrogen-bond acceptors (Lipinski definition) is 4. The van der Waals surface area contributed by atoms with E-state index in [-0.39, 0.29) is 0 Å². The van der Waals surface area contributed by atoms with Gasteiger partial charge in [-0.3, -0.25) is 4.90 Å². The molecule has 0 spiro atoms. The maximum atomic E-state index is 4.81. The maximum Gasteiger partial charge on any atom is 0.110 e. The first-order valence-electron chi connectivity index (χ1n) is 6.60. The van der Waals surface area contributed by atoms with Crippen molar-refractivity contribution in [3.05, 3.63) is 16.1 Å². The molecule has 0 saturated carbocycles. The molecule has 1 atom stereocenters. The van der Waals surface area contributed by atoms with Crippen LogP contribution in [0.5, 0.6) is 0 Å². The van der Waals surface area contributed by atoms with Gasteiger partial charge in [-0.05, 0) is 52.9 Å². The van der Waals surface area contributed by atoms with Crippen molar-refractivity contribution in [1.29, 1.82) is 0 Å². The van der Waals surface area contributed by atoms with Crippen LogP contribution in [0.15, 0.2) is 5.38 Å². The van der Waals surface area contributed by atoms with Crippen molar-refractivity contribution in [3.8, 4) is 0 Å². The Hall–Kier alpha value is -0.450. The minimum Gasteiger partial charge on any atom is -0.320 e.